The molecule has 0 saturated carbocycles. The number of hydrogen-bond acceptors (Lipinski definition) is 3. The molecule has 0 amide bonds. The summed E-state index contributed by atoms with van der Waals surface area (Å²) in [5.74, 6) is 0.888. The molecule has 0 aliphatic rings. The van der Waals surface area contributed by atoms with Crippen LogP contribution in [0.1, 0.15) is 17.4 Å². The summed E-state index contributed by atoms with van der Waals surface area (Å²) in [6.07, 6.45) is 3.47. The summed E-state index contributed by atoms with van der Waals surface area (Å²) < 4.78 is 11.0. The van der Waals surface area contributed by atoms with Crippen LogP contribution in [0.3, 0.4) is 0 Å². The molecular weight excluding hydrogens is 214 g/mol. The van der Waals surface area contributed by atoms with Gasteiger partial charge in [-0.05, 0) is 25.2 Å². The van der Waals surface area contributed by atoms with E-state index < -0.39 is 0 Å². The van der Waals surface area contributed by atoms with Gasteiger partial charge in [0, 0.05) is 10.9 Å². The maximum absolute atomic E-state index is 5.55. The van der Waals surface area contributed by atoms with Gasteiger partial charge in [-0.25, -0.2) is 0 Å². The van der Waals surface area contributed by atoms with Crippen LogP contribution in [-0.4, -0.2) is 7.05 Å². The van der Waals surface area contributed by atoms with Crippen LogP contribution < -0.4 is 5.32 Å². The predicted molar refractivity (Wildman–Crippen MR) is 65.8 cm³/mol. The van der Waals surface area contributed by atoms with Gasteiger partial charge in [0.1, 0.15) is 11.3 Å². The van der Waals surface area contributed by atoms with Crippen molar-refractivity contribution in [2.75, 3.05) is 7.05 Å². The summed E-state index contributed by atoms with van der Waals surface area (Å²) in [7, 11) is 1.91. The van der Waals surface area contributed by atoms with E-state index in [9.17, 15) is 0 Å². The third kappa shape index (κ3) is 1.65. The van der Waals surface area contributed by atoms with Gasteiger partial charge in [-0.3, -0.25) is 0 Å². The van der Waals surface area contributed by atoms with Gasteiger partial charge in [0.05, 0.1) is 18.6 Å². The molecule has 1 atom stereocenters. The highest BCUT2D eigenvalue weighted by Crippen LogP contribution is 2.30. The molecule has 0 saturated heterocycles. The molecule has 0 aliphatic heterocycles. The van der Waals surface area contributed by atoms with E-state index in [1.807, 2.05) is 37.4 Å². The van der Waals surface area contributed by atoms with Crippen molar-refractivity contribution in [1.29, 1.82) is 0 Å². The molecular formula is C14H13NO2. The Morgan fingerprint density at radius 3 is 2.71 bits per heavy atom. The van der Waals surface area contributed by atoms with Crippen molar-refractivity contribution in [3.63, 3.8) is 0 Å². The topological polar surface area (TPSA) is 38.3 Å². The fourth-order valence-corrected chi connectivity index (χ4v) is 2.13. The minimum Gasteiger partial charge on any atom is -0.467 e. The highest BCUT2D eigenvalue weighted by atomic mass is 16.3. The average molecular weight is 227 g/mol. The van der Waals surface area contributed by atoms with Gasteiger partial charge in [-0.2, -0.15) is 0 Å². The molecule has 0 bridgehead atoms. The predicted octanol–water partition coefficient (Wildman–Crippen LogP) is 3.33. The van der Waals surface area contributed by atoms with Crippen molar-refractivity contribution < 1.29 is 8.83 Å². The molecule has 0 fully saturated rings. The van der Waals surface area contributed by atoms with Gasteiger partial charge in [0.15, 0.2) is 0 Å². The first-order valence-electron chi connectivity index (χ1n) is 5.57. The molecule has 1 N–H and O–H groups in total. The summed E-state index contributed by atoms with van der Waals surface area (Å²) >= 11 is 0. The van der Waals surface area contributed by atoms with Gasteiger partial charge < -0.3 is 14.2 Å². The maximum atomic E-state index is 5.55. The van der Waals surface area contributed by atoms with E-state index in [2.05, 4.69) is 11.4 Å². The van der Waals surface area contributed by atoms with E-state index in [0.717, 1.165) is 22.3 Å². The summed E-state index contributed by atoms with van der Waals surface area (Å²) in [5, 5.41) is 4.36. The highest BCUT2D eigenvalue weighted by molar-refractivity contribution is 5.81. The second-order valence-electron chi connectivity index (χ2n) is 3.92. The van der Waals surface area contributed by atoms with Gasteiger partial charge in [-0.15, -0.1) is 0 Å². The van der Waals surface area contributed by atoms with Crippen LogP contribution in [0.25, 0.3) is 11.0 Å². The van der Waals surface area contributed by atoms with E-state index in [0.29, 0.717) is 0 Å². The smallest absolute Gasteiger partial charge is 0.134 e. The molecule has 1 unspecified atom stereocenters. The Morgan fingerprint density at radius 2 is 1.94 bits per heavy atom. The van der Waals surface area contributed by atoms with Crippen molar-refractivity contribution in [2.24, 2.45) is 0 Å². The Bertz CT molecular complexity index is 610. The minimum atomic E-state index is 0.0219. The fourth-order valence-electron chi connectivity index (χ4n) is 2.13. The molecule has 3 nitrogen and oxygen atoms in total. The van der Waals surface area contributed by atoms with Gasteiger partial charge >= 0.3 is 0 Å². The third-order valence-corrected chi connectivity index (χ3v) is 2.94. The summed E-state index contributed by atoms with van der Waals surface area (Å²) in [6, 6.07) is 11.9. The molecule has 17 heavy (non-hydrogen) atoms. The SMILES string of the molecule is CNC(c1ccco1)c1coc2ccccc12. The monoisotopic (exact) mass is 227 g/mol. The van der Waals surface area contributed by atoms with Crippen molar-refractivity contribution in [1.82, 2.24) is 5.32 Å². The van der Waals surface area contributed by atoms with Crippen molar-refractivity contribution >= 4 is 11.0 Å². The molecule has 0 radical (unpaired) electrons. The Morgan fingerprint density at radius 1 is 1.06 bits per heavy atom. The summed E-state index contributed by atoms with van der Waals surface area (Å²) in [4.78, 5) is 0. The minimum absolute atomic E-state index is 0.0219. The Kier molecular flexibility index (Phi) is 2.46. The Labute approximate surface area is 99.0 Å². The van der Waals surface area contributed by atoms with E-state index in [1.54, 1.807) is 12.5 Å². The fraction of sp³-hybridized carbons (Fsp3) is 0.143. The largest absolute Gasteiger partial charge is 0.467 e. The molecule has 3 aromatic rings. The van der Waals surface area contributed by atoms with Crippen LogP contribution in [0.4, 0.5) is 0 Å². The Hall–Kier alpha value is -2.00. The lowest BCUT2D eigenvalue weighted by Gasteiger charge is -2.11. The maximum Gasteiger partial charge on any atom is 0.134 e. The molecule has 3 rings (SSSR count). The number of para-hydroxylation sites is 1. The van der Waals surface area contributed by atoms with E-state index in [4.69, 9.17) is 8.83 Å². The molecule has 0 aliphatic carbocycles. The normalized spacial score (nSPS) is 13.0. The number of fused-ring (bicyclic) bond motifs is 1. The zero-order valence-corrected chi connectivity index (χ0v) is 9.51. The Balaban J connectivity index is 2.13. The first-order chi connectivity index (χ1) is 8.40. The van der Waals surface area contributed by atoms with Crippen molar-refractivity contribution in [2.45, 2.75) is 6.04 Å². The number of benzene rings is 1. The first kappa shape index (κ1) is 10.2. The number of furan rings is 2. The van der Waals surface area contributed by atoms with Crippen molar-refractivity contribution in [3.05, 3.63) is 60.2 Å². The van der Waals surface area contributed by atoms with E-state index in [-0.39, 0.29) is 6.04 Å². The lowest BCUT2D eigenvalue weighted by Crippen LogP contribution is -2.16. The quantitative estimate of drug-likeness (QED) is 0.745. The van der Waals surface area contributed by atoms with Crippen LogP contribution >= 0.6 is 0 Å². The molecule has 1 aromatic carbocycles. The van der Waals surface area contributed by atoms with Crippen LogP contribution in [0, 0.1) is 0 Å². The van der Waals surface area contributed by atoms with Crippen LogP contribution in [0.5, 0.6) is 0 Å². The lowest BCUT2D eigenvalue weighted by atomic mass is 10.0. The molecule has 2 heterocycles. The molecule has 86 valence electrons. The molecule has 2 aromatic heterocycles. The van der Waals surface area contributed by atoms with Crippen LogP contribution in [0.2, 0.25) is 0 Å². The van der Waals surface area contributed by atoms with Gasteiger partial charge in [-0.1, -0.05) is 18.2 Å². The number of hydrogen-bond donors (Lipinski definition) is 1. The van der Waals surface area contributed by atoms with E-state index in [1.165, 1.54) is 0 Å². The third-order valence-electron chi connectivity index (χ3n) is 2.94. The summed E-state index contributed by atoms with van der Waals surface area (Å²) in [6.45, 7) is 0. The summed E-state index contributed by atoms with van der Waals surface area (Å²) in [5.41, 5.74) is 1.99. The molecule has 3 heteroatoms. The highest BCUT2D eigenvalue weighted by Gasteiger charge is 2.19. The molecule has 0 spiro atoms. The van der Waals surface area contributed by atoms with Crippen LogP contribution in [-0.2, 0) is 0 Å². The standard InChI is InChI=1S/C14H13NO2/c1-15-14(13-7-4-8-16-13)11-9-17-12-6-3-2-5-10(11)12/h2-9,14-15H,1H3. The average Bonchev–Trinajstić information content (AvgIpc) is 3.01. The number of rotatable bonds is 3. The first-order valence-corrected chi connectivity index (χ1v) is 5.57. The zero-order chi connectivity index (χ0) is 11.7. The van der Waals surface area contributed by atoms with Crippen molar-refractivity contribution in [3.8, 4) is 0 Å². The van der Waals surface area contributed by atoms with Gasteiger partial charge in [0.25, 0.3) is 0 Å². The second-order valence-corrected chi connectivity index (χ2v) is 3.92. The zero-order valence-electron chi connectivity index (χ0n) is 9.51. The van der Waals surface area contributed by atoms with Gasteiger partial charge in [0.2, 0.25) is 0 Å². The second kappa shape index (κ2) is 4.11. The van der Waals surface area contributed by atoms with Crippen LogP contribution in [0.15, 0.2) is 57.8 Å². The van der Waals surface area contributed by atoms with E-state index >= 15 is 0 Å². The lowest BCUT2D eigenvalue weighted by molar-refractivity contribution is 0.461. The number of nitrogens with one attached hydrogen (secondary N) is 1.